The maximum Gasteiger partial charge on any atom is 0.303 e. The van der Waals surface area contributed by atoms with Gasteiger partial charge in [0.25, 0.3) is 0 Å². The van der Waals surface area contributed by atoms with Crippen LogP contribution in [0.2, 0.25) is 0 Å². The highest BCUT2D eigenvalue weighted by Gasteiger charge is 2.26. The summed E-state index contributed by atoms with van der Waals surface area (Å²) in [6, 6.07) is -0.738. The molecule has 2 unspecified atom stereocenters. The summed E-state index contributed by atoms with van der Waals surface area (Å²) in [5.74, 6) is -1.72. The molecule has 3 aromatic rings. The molecule has 0 aliphatic carbocycles. The van der Waals surface area contributed by atoms with Crippen LogP contribution < -0.4 is 0 Å². The van der Waals surface area contributed by atoms with Gasteiger partial charge in [0.2, 0.25) is 0 Å². The monoisotopic (exact) mass is 384 g/mol. The van der Waals surface area contributed by atoms with Gasteiger partial charge in [-0.05, 0) is 11.1 Å². The van der Waals surface area contributed by atoms with Gasteiger partial charge in [0.15, 0.2) is 12.2 Å². The summed E-state index contributed by atoms with van der Waals surface area (Å²) < 4.78 is 92.3. The number of ether oxygens (including phenoxy) is 2. The van der Waals surface area contributed by atoms with Gasteiger partial charge in [0, 0.05) is 25.0 Å². The van der Waals surface area contributed by atoms with Crippen LogP contribution in [0.5, 0.6) is 0 Å². The molecule has 0 amide bonds. The molecule has 0 N–H and O–H groups in total. The fourth-order valence-electron chi connectivity index (χ4n) is 2.66. The Balaban J connectivity index is 2.42. The summed E-state index contributed by atoms with van der Waals surface area (Å²) in [7, 11) is 0. The van der Waals surface area contributed by atoms with E-state index >= 15 is 0 Å². The maximum atomic E-state index is 12.1. The molecule has 0 saturated carbocycles. The largest absolute Gasteiger partial charge is 0.453 e. The standard InChI is InChI=1S/C24H22O4/c1-17(25)27-23(19-11-5-3-6-12-19)21-15-9-10-16-22(21)24(28-18(2)26)20-13-7-4-8-14-20/h3-16,23-24H,1-2H3/i3D,4D,5D,6D,7D,8D,11D,12D,13D,14D. The fraction of sp³-hybridized carbons (Fsp3) is 0.167. The van der Waals surface area contributed by atoms with E-state index in [4.69, 9.17) is 23.2 Å². The van der Waals surface area contributed by atoms with Crippen molar-refractivity contribution in [3.8, 4) is 0 Å². The highest BCUT2D eigenvalue weighted by molar-refractivity contribution is 5.68. The van der Waals surface area contributed by atoms with Crippen molar-refractivity contribution in [2.45, 2.75) is 26.1 Å². The van der Waals surface area contributed by atoms with Gasteiger partial charge < -0.3 is 9.47 Å². The molecule has 0 aromatic heterocycles. The van der Waals surface area contributed by atoms with Crippen LogP contribution in [0.3, 0.4) is 0 Å². The van der Waals surface area contributed by atoms with Gasteiger partial charge in [-0.15, -0.1) is 0 Å². The Hall–Kier alpha value is -3.40. The Morgan fingerprint density at radius 3 is 1.39 bits per heavy atom. The van der Waals surface area contributed by atoms with Crippen LogP contribution in [0, 0.1) is 0 Å². The van der Waals surface area contributed by atoms with Crippen LogP contribution >= 0.6 is 0 Å². The van der Waals surface area contributed by atoms with Crippen LogP contribution in [0.15, 0.2) is 84.7 Å². The summed E-state index contributed by atoms with van der Waals surface area (Å²) in [5, 5.41) is 0. The van der Waals surface area contributed by atoms with E-state index in [2.05, 4.69) is 0 Å². The summed E-state index contributed by atoms with van der Waals surface area (Å²) in [6.45, 7) is 2.12. The molecule has 3 aromatic carbocycles. The van der Waals surface area contributed by atoms with Gasteiger partial charge in [-0.3, -0.25) is 9.59 Å². The van der Waals surface area contributed by atoms with E-state index in [0.29, 0.717) is 0 Å². The van der Waals surface area contributed by atoms with Crippen LogP contribution in [0.1, 0.15) is 62.0 Å². The molecule has 0 aliphatic heterocycles. The van der Waals surface area contributed by atoms with Crippen molar-refractivity contribution in [3.63, 3.8) is 0 Å². The highest BCUT2D eigenvalue weighted by atomic mass is 16.5. The molecule has 28 heavy (non-hydrogen) atoms. The number of hydrogen-bond acceptors (Lipinski definition) is 4. The minimum absolute atomic E-state index is 0.0132. The van der Waals surface area contributed by atoms with Crippen molar-refractivity contribution < 1.29 is 32.8 Å². The molecule has 3 rings (SSSR count). The molecule has 0 fully saturated rings. The zero-order valence-electron chi connectivity index (χ0n) is 25.1. The Bertz CT molecular complexity index is 1290. The van der Waals surface area contributed by atoms with Crippen LogP contribution in [0.25, 0.3) is 0 Å². The van der Waals surface area contributed by atoms with E-state index in [9.17, 15) is 9.59 Å². The number of benzene rings is 3. The number of rotatable bonds is 6. The van der Waals surface area contributed by atoms with Crippen LogP contribution in [-0.2, 0) is 19.1 Å². The zero-order chi connectivity index (χ0) is 28.6. The van der Waals surface area contributed by atoms with Gasteiger partial charge >= 0.3 is 11.9 Å². The number of carbonyl (C=O) groups is 2. The molecule has 0 saturated heterocycles. The highest BCUT2D eigenvalue weighted by Crippen LogP contribution is 2.36. The first-order valence-corrected chi connectivity index (χ1v) is 8.27. The van der Waals surface area contributed by atoms with Gasteiger partial charge in [-0.1, -0.05) is 84.7 Å². The van der Waals surface area contributed by atoms with Crippen molar-refractivity contribution in [1.29, 1.82) is 0 Å². The number of hydrogen-bond donors (Lipinski definition) is 0. The Labute approximate surface area is 178 Å². The van der Waals surface area contributed by atoms with Crippen molar-refractivity contribution in [3.05, 3.63) is 107 Å². The topological polar surface area (TPSA) is 52.6 Å². The van der Waals surface area contributed by atoms with Crippen LogP contribution in [0.4, 0.5) is 0 Å². The van der Waals surface area contributed by atoms with Crippen molar-refractivity contribution >= 4 is 11.9 Å². The average Bonchev–Trinajstić information content (AvgIpc) is 2.87. The molecule has 0 spiro atoms. The first-order chi connectivity index (χ1) is 17.7. The fourth-order valence-corrected chi connectivity index (χ4v) is 2.66. The second kappa shape index (κ2) is 9.00. The summed E-state index contributed by atoms with van der Waals surface area (Å²) in [4.78, 5) is 24.3. The molecule has 4 nitrogen and oxygen atoms in total. The third-order valence-electron chi connectivity index (χ3n) is 3.69. The molecule has 0 heterocycles. The molecule has 142 valence electrons. The van der Waals surface area contributed by atoms with E-state index in [0.717, 1.165) is 13.8 Å². The molecular weight excluding hydrogens is 352 g/mol. The quantitative estimate of drug-likeness (QED) is 0.562. The number of carbonyl (C=O) groups excluding carboxylic acids is 2. The average molecular weight is 384 g/mol. The van der Waals surface area contributed by atoms with Gasteiger partial charge in [0.1, 0.15) is 0 Å². The van der Waals surface area contributed by atoms with E-state index in [1.54, 1.807) is 0 Å². The summed E-state index contributed by atoms with van der Waals surface area (Å²) in [5.41, 5.74) is -0.721. The SMILES string of the molecule is [2H]c1c([2H])c([2H])c(C(OC(C)=O)c2ccccc2C(OC(C)=O)c2c([2H])c([2H])c([2H])c([2H])c2[2H])c([2H])c1[2H]. The molecule has 0 radical (unpaired) electrons. The lowest BCUT2D eigenvalue weighted by Gasteiger charge is -2.25. The second-order valence-corrected chi connectivity index (χ2v) is 5.69. The summed E-state index contributed by atoms with van der Waals surface area (Å²) >= 11 is 0. The lowest BCUT2D eigenvalue weighted by atomic mass is 9.91. The lowest BCUT2D eigenvalue weighted by molar-refractivity contribution is -0.146. The molecule has 4 heteroatoms. The normalized spacial score (nSPS) is 17.6. The molecule has 0 aliphatic rings. The smallest absolute Gasteiger partial charge is 0.303 e. The Morgan fingerprint density at radius 2 is 1.07 bits per heavy atom. The van der Waals surface area contributed by atoms with E-state index in [1.165, 1.54) is 24.3 Å². The minimum atomic E-state index is -1.60. The van der Waals surface area contributed by atoms with Crippen molar-refractivity contribution in [1.82, 2.24) is 0 Å². The Kier molecular flexibility index (Phi) is 3.29. The van der Waals surface area contributed by atoms with Gasteiger partial charge in [-0.25, -0.2) is 0 Å². The zero-order valence-corrected chi connectivity index (χ0v) is 15.1. The number of esters is 2. The third kappa shape index (κ3) is 4.65. The Morgan fingerprint density at radius 1 is 0.714 bits per heavy atom. The lowest BCUT2D eigenvalue weighted by Crippen LogP contribution is -2.17. The molecule has 2 atom stereocenters. The van der Waals surface area contributed by atoms with Crippen molar-refractivity contribution in [2.75, 3.05) is 0 Å². The van der Waals surface area contributed by atoms with Crippen molar-refractivity contribution in [2.24, 2.45) is 0 Å². The molecule has 0 bridgehead atoms. The first-order valence-electron chi connectivity index (χ1n) is 13.3. The predicted octanol–water partition coefficient (Wildman–Crippen LogP) is 4.99. The van der Waals surface area contributed by atoms with E-state index in [1.807, 2.05) is 0 Å². The summed E-state index contributed by atoms with van der Waals surface area (Å²) in [6.07, 6.45) is -3.19. The first kappa shape index (κ1) is 10.2. The third-order valence-corrected chi connectivity index (χ3v) is 3.69. The second-order valence-electron chi connectivity index (χ2n) is 5.69. The predicted molar refractivity (Wildman–Crippen MR) is 107 cm³/mol. The maximum absolute atomic E-state index is 12.1. The van der Waals surface area contributed by atoms with Crippen LogP contribution in [-0.4, -0.2) is 11.9 Å². The minimum Gasteiger partial charge on any atom is -0.453 e. The van der Waals surface area contributed by atoms with Gasteiger partial charge in [-0.2, -0.15) is 0 Å². The van der Waals surface area contributed by atoms with Gasteiger partial charge in [0.05, 0.1) is 13.7 Å². The van der Waals surface area contributed by atoms with E-state index < -0.39 is 84.6 Å². The molecular formula is C24H22O4. The van der Waals surface area contributed by atoms with E-state index in [-0.39, 0.29) is 22.3 Å².